The second-order valence-electron chi connectivity index (χ2n) is 6.50. The highest BCUT2D eigenvalue weighted by Gasteiger charge is 2.32. The number of thiazole rings is 1. The van der Waals surface area contributed by atoms with E-state index in [1.807, 2.05) is 0 Å². The topological polar surface area (TPSA) is 97.0 Å². The van der Waals surface area contributed by atoms with Crippen molar-refractivity contribution >= 4 is 28.1 Å². The summed E-state index contributed by atoms with van der Waals surface area (Å²) in [6, 6.07) is 2.27. The van der Waals surface area contributed by atoms with Gasteiger partial charge in [-0.2, -0.15) is 18.2 Å². The molecule has 12 heteroatoms. The minimum Gasteiger partial charge on any atom is -0.492 e. The van der Waals surface area contributed by atoms with Crippen molar-refractivity contribution in [3.05, 3.63) is 50.4 Å². The lowest BCUT2D eigenvalue weighted by molar-refractivity contribution is -0.137. The number of halogens is 3. The first kappa shape index (κ1) is 20.1. The number of anilines is 1. The fraction of sp³-hybridized carbons (Fsp3) is 0.333. The Morgan fingerprint density at radius 3 is 2.77 bits per heavy atom. The molecule has 0 unspecified atom stereocenters. The molecule has 0 radical (unpaired) electrons. The van der Waals surface area contributed by atoms with Crippen LogP contribution in [0.15, 0.2) is 23.1 Å². The predicted molar refractivity (Wildman–Crippen MR) is 101 cm³/mol. The first-order valence-corrected chi connectivity index (χ1v) is 9.74. The van der Waals surface area contributed by atoms with Crippen molar-refractivity contribution in [2.45, 2.75) is 26.1 Å². The summed E-state index contributed by atoms with van der Waals surface area (Å²) in [6.45, 7) is 2.32. The average molecular weight is 440 g/mol. The van der Waals surface area contributed by atoms with Gasteiger partial charge in [0, 0.05) is 29.7 Å². The van der Waals surface area contributed by atoms with Crippen molar-refractivity contribution in [2.24, 2.45) is 0 Å². The molecule has 0 bridgehead atoms. The molecule has 0 atom stereocenters. The summed E-state index contributed by atoms with van der Waals surface area (Å²) in [7, 11) is 0. The van der Waals surface area contributed by atoms with Gasteiger partial charge >= 0.3 is 12.1 Å². The summed E-state index contributed by atoms with van der Waals surface area (Å²) in [6.07, 6.45) is -3.30. The lowest BCUT2D eigenvalue weighted by atomic mass is 10.1. The molecule has 0 saturated carbocycles. The molecule has 8 nitrogen and oxygen atoms in total. The van der Waals surface area contributed by atoms with Crippen molar-refractivity contribution < 1.29 is 27.8 Å². The zero-order valence-corrected chi connectivity index (χ0v) is 16.4. The zero-order valence-electron chi connectivity index (χ0n) is 15.6. The Hall–Kier alpha value is -3.15. The third-order valence-corrected chi connectivity index (χ3v) is 5.74. The van der Waals surface area contributed by atoms with Gasteiger partial charge in [-0.25, -0.2) is 9.78 Å². The number of hydrogen-bond acceptors (Lipinski definition) is 8. The number of carbonyl (C=O) groups excluding carboxylic acids is 1. The molecule has 0 fully saturated rings. The van der Waals surface area contributed by atoms with Gasteiger partial charge in [0.2, 0.25) is 10.8 Å². The van der Waals surface area contributed by atoms with Crippen LogP contribution in [0.4, 0.5) is 19.0 Å². The number of alkyl halides is 3. The summed E-state index contributed by atoms with van der Waals surface area (Å²) < 4.78 is 44.3. The van der Waals surface area contributed by atoms with Gasteiger partial charge in [0.15, 0.2) is 5.56 Å². The van der Waals surface area contributed by atoms with Gasteiger partial charge in [-0.05, 0) is 19.1 Å². The van der Waals surface area contributed by atoms with Gasteiger partial charge in [-0.3, -0.25) is 9.20 Å². The van der Waals surface area contributed by atoms with Crippen LogP contribution in [0, 0.1) is 0 Å². The van der Waals surface area contributed by atoms with E-state index < -0.39 is 34.7 Å². The highest BCUT2D eigenvalue weighted by molar-refractivity contribution is 7.17. The van der Waals surface area contributed by atoms with Crippen molar-refractivity contribution in [1.82, 2.24) is 14.4 Å². The molecule has 0 saturated heterocycles. The molecule has 0 aliphatic carbocycles. The van der Waals surface area contributed by atoms with E-state index in [9.17, 15) is 27.9 Å². The summed E-state index contributed by atoms with van der Waals surface area (Å²) in [5, 5.41) is 10.0. The molecule has 1 aliphatic heterocycles. The molecule has 1 N–H and O–H groups in total. The Morgan fingerprint density at radius 1 is 1.37 bits per heavy atom. The molecular formula is C18H15F3N4O4S. The third-order valence-electron chi connectivity index (χ3n) is 4.67. The summed E-state index contributed by atoms with van der Waals surface area (Å²) >= 11 is 1.16. The van der Waals surface area contributed by atoms with Crippen LogP contribution >= 0.6 is 11.3 Å². The Balaban J connectivity index is 1.70. The molecule has 4 heterocycles. The van der Waals surface area contributed by atoms with Crippen LogP contribution in [0.5, 0.6) is 5.88 Å². The highest BCUT2D eigenvalue weighted by atomic mass is 32.1. The summed E-state index contributed by atoms with van der Waals surface area (Å²) in [4.78, 5) is 35.5. The lowest BCUT2D eigenvalue weighted by Crippen LogP contribution is -2.33. The average Bonchev–Trinajstić information content (AvgIpc) is 3.05. The van der Waals surface area contributed by atoms with Crippen LogP contribution in [-0.2, 0) is 23.9 Å². The Morgan fingerprint density at radius 2 is 2.13 bits per heavy atom. The Bertz CT molecular complexity index is 1190. The van der Waals surface area contributed by atoms with Gasteiger partial charge in [0.1, 0.15) is 5.82 Å². The number of pyridine rings is 1. The van der Waals surface area contributed by atoms with Crippen LogP contribution in [-0.4, -0.2) is 38.6 Å². The SMILES string of the molecule is CCOC(=O)c1c(O)nc2sc3c(n2c1=O)CCN(c1ccc(C(F)(F)F)cn1)C3. The standard InChI is InChI=1S/C18H15F3N4O4S/c1-2-29-16(28)13-14(26)23-17-25(15(13)27)10-5-6-24(8-11(10)30-17)12-4-3-9(7-22-12)18(19,20)21/h3-4,7,26H,2,5-6,8H2,1H3. The van der Waals surface area contributed by atoms with Crippen molar-refractivity contribution in [1.29, 1.82) is 0 Å². The van der Waals surface area contributed by atoms with Gasteiger partial charge in [0.25, 0.3) is 5.56 Å². The molecule has 3 aromatic rings. The highest BCUT2D eigenvalue weighted by Crippen LogP contribution is 2.32. The van der Waals surface area contributed by atoms with E-state index in [1.54, 1.807) is 11.8 Å². The molecular weight excluding hydrogens is 425 g/mol. The van der Waals surface area contributed by atoms with E-state index in [-0.39, 0.29) is 11.6 Å². The van der Waals surface area contributed by atoms with E-state index in [4.69, 9.17) is 4.74 Å². The van der Waals surface area contributed by atoms with E-state index in [0.29, 0.717) is 31.0 Å². The Labute approximate surface area is 171 Å². The monoisotopic (exact) mass is 440 g/mol. The van der Waals surface area contributed by atoms with E-state index in [2.05, 4.69) is 9.97 Å². The van der Waals surface area contributed by atoms with Crippen LogP contribution in [0.1, 0.15) is 33.4 Å². The van der Waals surface area contributed by atoms with Crippen molar-refractivity contribution in [3.8, 4) is 5.88 Å². The molecule has 1 aliphatic rings. The maximum atomic E-state index is 12.8. The molecule has 3 aromatic heterocycles. The second-order valence-corrected chi connectivity index (χ2v) is 7.56. The van der Waals surface area contributed by atoms with Crippen LogP contribution in [0.3, 0.4) is 0 Å². The lowest BCUT2D eigenvalue weighted by Gasteiger charge is -2.27. The molecule has 0 spiro atoms. The fourth-order valence-corrected chi connectivity index (χ4v) is 4.45. The number of hydrogen-bond donors (Lipinski definition) is 1. The maximum absolute atomic E-state index is 12.8. The zero-order chi connectivity index (χ0) is 21.6. The number of aromatic hydroxyl groups is 1. The normalized spacial score (nSPS) is 14.1. The number of rotatable bonds is 3. The van der Waals surface area contributed by atoms with Crippen LogP contribution < -0.4 is 10.5 Å². The van der Waals surface area contributed by atoms with Crippen LogP contribution in [0.2, 0.25) is 0 Å². The van der Waals surface area contributed by atoms with Crippen LogP contribution in [0.25, 0.3) is 4.96 Å². The summed E-state index contributed by atoms with van der Waals surface area (Å²) in [5.74, 6) is -1.27. The second kappa shape index (κ2) is 7.27. The van der Waals surface area contributed by atoms with Crippen molar-refractivity contribution in [2.75, 3.05) is 18.1 Å². The fourth-order valence-electron chi connectivity index (χ4n) is 3.28. The number of fused-ring (bicyclic) bond motifs is 3. The molecule has 30 heavy (non-hydrogen) atoms. The number of esters is 1. The number of nitrogens with zero attached hydrogens (tertiary/aromatic N) is 4. The minimum absolute atomic E-state index is 0.0389. The number of ether oxygens (including phenoxy) is 1. The minimum atomic E-state index is -4.46. The van der Waals surface area contributed by atoms with Gasteiger partial charge in [-0.15, -0.1) is 0 Å². The first-order chi connectivity index (χ1) is 14.2. The molecule has 158 valence electrons. The quantitative estimate of drug-likeness (QED) is 0.626. The predicted octanol–water partition coefficient (Wildman–Crippen LogP) is 2.61. The van der Waals surface area contributed by atoms with E-state index in [1.165, 1.54) is 10.5 Å². The Kier molecular flexibility index (Phi) is 4.88. The number of carbonyl (C=O) groups is 1. The van der Waals surface area contributed by atoms with Gasteiger partial charge in [0.05, 0.1) is 18.7 Å². The third kappa shape index (κ3) is 3.36. The maximum Gasteiger partial charge on any atom is 0.417 e. The van der Waals surface area contributed by atoms with Gasteiger partial charge < -0.3 is 14.7 Å². The molecule has 4 rings (SSSR count). The largest absolute Gasteiger partial charge is 0.492 e. The first-order valence-electron chi connectivity index (χ1n) is 8.92. The van der Waals surface area contributed by atoms with E-state index in [0.717, 1.165) is 28.5 Å². The van der Waals surface area contributed by atoms with Gasteiger partial charge in [-0.1, -0.05) is 11.3 Å². The number of aromatic nitrogens is 3. The smallest absolute Gasteiger partial charge is 0.417 e. The van der Waals surface area contributed by atoms with E-state index >= 15 is 0 Å². The molecule has 0 amide bonds. The van der Waals surface area contributed by atoms with Crippen molar-refractivity contribution in [3.63, 3.8) is 0 Å². The summed E-state index contributed by atoms with van der Waals surface area (Å²) in [5.41, 5.74) is -1.43. The molecule has 0 aromatic carbocycles.